The first-order valence-electron chi connectivity index (χ1n) is 7.82. The molecule has 4 nitrogen and oxygen atoms in total. The number of para-hydroxylation sites is 1. The fourth-order valence-corrected chi connectivity index (χ4v) is 2.74. The molecule has 23 heavy (non-hydrogen) atoms. The minimum absolute atomic E-state index is 0.0765. The van der Waals surface area contributed by atoms with Crippen LogP contribution >= 0.6 is 0 Å². The quantitative estimate of drug-likeness (QED) is 0.791. The van der Waals surface area contributed by atoms with Crippen molar-refractivity contribution in [3.8, 4) is 11.5 Å². The third-order valence-corrected chi connectivity index (χ3v) is 3.78. The summed E-state index contributed by atoms with van der Waals surface area (Å²) < 4.78 is 17.0. The van der Waals surface area contributed by atoms with Crippen molar-refractivity contribution in [2.45, 2.75) is 32.0 Å². The Balaban J connectivity index is 1.70. The second-order valence-electron chi connectivity index (χ2n) is 5.60. The Kier molecular flexibility index (Phi) is 4.93. The summed E-state index contributed by atoms with van der Waals surface area (Å²) in [6.45, 7) is 2.03. The SMILES string of the molecule is CC(=O)O[C@H]1CCO[C@@H](c2cccc(Oc3ccccc3)c2)C1. The van der Waals surface area contributed by atoms with E-state index in [1.165, 1.54) is 6.92 Å². The third-order valence-electron chi connectivity index (χ3n) is 3.78. The van der Waals surface area contributed by atoms with Gasteiger partial charge in [-0.05, 0) is 29.8 Å². The maximum Gasteiger partial charge on any atom is 0.302 e. The maximum absolute atomic E-state index is 11.1. The molecule has 120 valence electrons. The van der Waals surface area contributed by atoms with Gasteiger partial charge in [0.1, 0.15) is 17.6 Å². The summed E-state index contributed by atoms with van der Waals surface area (Å²) >= 11 is 0. The lowest BCUT2D eigenvalue weighted by Gasteiger charge is -2.29. The van der Waals surface area contributed by atoms with Crippen LogP contribution in [0.2, 0.25) is 0 Å². The van der Waals surface area contributed by atoms with Crippen LogP contribution in [0.3, 0.4) is 0 Å². The standard InChI is InChI=1S/C19H20O4/c1-14(20)22-18-10-11-21-19(13-18)15-6-5-9-17(12-15)23-16-7-3-2-4-8-16/h2-9,12,18-19H,10-11,13H2,1H3/t18-,19+/m0/s1. The number of carbonyl (C=O) groups excluding carboxylic acids is 1. The van der Waals surface area contributed by atoms with Gasteiger partial charge in [-0.1, -0.05) is 30.3 Å². The molecule has 2 atom stereocenters. The summed E-state index contributed by atoms with van der Waals surface area (Å²) in [5, 5.41) is 0. The first kappa shape index (κ1) is 15.6. The number of carbonyl (C=O) groups is 1. The van der Waals surface area contributed by atoms with Gasteiger partial charge < -0.3 is 14.2 Å². The van der Waals surface area contributed by atoms with E-state index in [-0.39, 0.29) is 18.2 Å². The summed E-state index contributed by atoms with van der Waals surface area (Å²) in [6, 6.07) is 17.5. The van der Waals surface area contributed by atoms with Crippen LogP contribution in [0.25, 0.3) is 0 Å². The zero-order valence-corrected chi connectivity index (χ0v) is 13.1. The molecule has 0 spiro atoms. The van der Waals surface area contributed by atoms with Crippen molar-refractivity contribution in [1.29, 1.82) is 0 Å². The van der Waals surface area contributed by atoms with Crippen molar-refractivity contribution in [2.75, 3.05) is 6.61 Å². The van der Waals surface area contributed by atoms with Crippen LogP contribution in [-0.2, 0) is 14.3 Å². The molecule has 0 amide bonds. The largest absolute Gasteiger partial charge is 0.462 e. The summed E-state index contributed by atoms with van der Waals surface area (Å²) in [5.74, 6) is 1.33. The predicted octanol–water partition coefficient (Wildman–Crippen LogP) is 4.26. The van der Waals surface area contributed by atoms with Crippen LogP contribution in [-0.4, -0.2) is 18.7 Å². The summed E-state index contributed by atoms with van der Waals surface area (Å²) in [4.78, 5) is 11.1. The van der Waals surface area contributed by atoms with Crippen LogP contribution < -0.4 is 4.74 Å². The van der Waals surface area contributed by atoms with E-state index in [1.54, 1.807) is 0 Å². The summed E-state index contributed by atoms with van der Waals surface area (Å²) in [6.07, 6.45) is 1.27. The monoisotopic (exact) mass is 312 g/mol. The lowest BCUT2D eigenvalue weighted by atomic mass is 9.99. The number of hydrogen-bond acceptors (Lipinski definition) is 4. The normalized spacial score (nSPS) is 20.7. The first-order valence-corrected chi connectivity index (χ1v) is 7.82. The lowest BCUT2D eigenvalue weighted by molar-refractivity contribution is -0.153. The molecule has 0 radical (unpaired) electrons. The van der Waals surface area contributed by atoms with Crippen LogP contribution in [0.4, 0.5) is 0 Å². The van der Waals surface area contributed by atoms with E-state index in [1.807, 2.05) is 54.6 Å². The van der Waals surface area contributed by atoms with Gasteiger partial charge in [-0.2, -0.15) is 0 Å². The molecule has 1 aliphatic heterocycles. The van der Waals surface area contributed by atoms with Crippen LogP contribution in [0, 0.1) is 0 Å². The zero-order valence-electron chi connectivity index (χ0n) is 13.1. The van der Waals surface area contributed by atoms with Gasteiger partial charge in [-0.3, -0.25) is 4.79 Å². The molecule has 0 N–H and O–H groups in total. The highest BCUT2D eigenvalue weighted by Crippen LogP contribution is 2.32. The Hall–Kier alpha value is -2.33. The van der Waals surface area contributed by atoms with Crippen molar-refractivity contribution in [2.24, 2.45) is 0 Å². The molecule has 0 saturated carbocycles. The van der Waals surface area contributed by atoms with E-state index < -0.39 is 0 Å². The molecule has 2 aromatic rings. The second-order valence-corrected chi connectivity index (χ2v) is 5.60. The zero-order chi connectivity index (χ0) is 16.1. The van der Waals surface area contributed by atoms with E-state index in [4.69, 9.17) is 14.2 Å². The molecule has 1 fully saturated rings. The second kappa shape index (κ2) is 7.29. The topological polar surface area (TPSA) is 44.8 Å². The Morgan fingerprint density at radius 3 is 2.65 bits per heavy atom. The van der Waals surface area contributed by atoms with Crippen LogP contribution in [0.1, 0.15) is 31.4 Å². The van der Waals surface area contributed by atoms with Crippen molar-refractivity contribution < 1.29 is 19.0 Å². The Bertz CT molecular complexity index is 653. The fraction of sp³-hybridized carbons (Fsp3) is 0.316. The molecule has 4 heteroatoms. The highest BCUT2D eigenvalue weighted by molar-refractivity contribution is 5.66. The van der Waals surface area contributed by atoms with E-state index in [9.17, 15) is 4.79 Å². The third kappa shape index (κ3) is 4.33. The first-order chi connectivity index (χ1) is 11.2. The van der Waals surface area contributed by atoms with Crippen molar-refractivity contribution in [3.63, 3.8) is 0 Å². The fourth-order valence-electron chi connectivity index (χ4n) is 2.74. The van der Waals surface area contributed by atoms with Crippen LogP contribution in [0.15, 0.2) is 54.6 Å². The molecule has 0 aromatic heterocycles. The number of rotatable bonds is 4. The van der Waals surface area contributed by atoms with Crippen LogP contribution in [0.5, 0.6) is 11.5 Å². The van der Waals surface area contributed by atoms with Gasteiger partial charge in [-0.15, -0.1) is 0 Å². The number of esters is 1. The number of ether oxygens (including phenoxy) is 3. The lowest BCUT2D eigenvalue weighted by Crippen LogP contribution is -2.27. The Morgan fingerprint density at radius 1 is 1.09 bits per heavy atom. The molecule has 3 rings (SSSR count). The molecule has 2 aromatic carbocycles. The predicted molar refractivity (Wildman–Crippen MR) is 86.4 cm³/mol. The van der Waals surface area contributed by atoms with Gasteiger partial charge in [0, 0.05) is 19.8 Å². The highest BCUT2D eigenvalue weighted by atomic mass is 16.6. The summed E-state index contributed by atoms with van der Waals surface area (Å²) in [7, 11) is 0. The van der Waals surface area contributed by atoms with Gasteiger partial charge in [-0.25, -0.2) is 0 Å². The number of benzene rings is 2. The van der Waals surface area contributed by atoms with Crippen molar-refractivity contribution in [3.05, 3.63) is 60.2 Å². The van der Waals surface area contributed by atoms with Crippen molar-refractivity contribution in [1.82, 2.24) is 0 Å². The number of hydrogen-bond donors (Lipinski definition) is 0. The average molecular weight is 312 g/mol. The molecule has 0 bridgehead atoms. The molecule has 1 saturated heterocycles. The summed E-state index contributed by atoms with van der Waals surface area (Å²) in [5.41, 5.74) is 1.04. The Morgan fingerprint density at radius 2 is 1.87 bits per heavy atom. The molecular formula is C19H20O4. The van der Waals surface area contributed by atoms with E-state index >= 15 is 0 Å². The minimum Gasteiger partial charge on any atom is -0.462 e. The van der Waals surface area contributed by atoms with E-state index in [0.717, 1.165) is 23.5 Å². The van der Waals surface area contributed by atoms with Gasteiger partial charge in [0.25, 0.3) is 0 Å². The van der Waals surface area contributed by atoms with E-state index in [0.29, 0.717) is 13.0 Å². The van der Waals surface area contributed by atoms with Gasteiger partial charge >= 0.3 is 5.97 Å². The molecule has 0 unspecified atom stereocenters. The van der Waals surface area contributed by atoms with Gasteiger partial charge in [0.05, 0.1) is 12.7 Å². The van der Waals surface area contributed by atoms with Gasteiger partial charge in [0.2, 0.25) is 0 Å². The molecule has 1 aliphatic rings. The van der Waals surface area contributed by atoms with Gasteiger partial charge in [0.15, 0.2) is 0 Å². The minimum atomic E-state index is -0.239. The smallest absolute Gasteiger partial charge is 0.302 e. The highest BCUT2D eigenvalue weighted by Gasteiger charge is 2.26. The molecular weight excluding hydrogens is 292 g/mol. The van der Waals surface area contributed by atoms with Crippen molar-refractivity contribution >= 4 is 5.97 Å². The molecule has 0 aliphatic carbocycles. The average Bonchev–Trinajstić information content (AvgIpc) is 2.56. The maximum atomic E-state index is 11.1. The van der Waals surface area contributed by atoms with E-state index in [2.05, 4.69) is 0 Å². The Labute approximate surface area is 136 Å². The molecule has 1 heterocycles.